The number of anilines is 1. The number of aliphatic hydroxyl groups excluding tert-OH is 1. The number of aryl methyl sites for hydroxylation is 1. The number of carbonyl (C=O) groups is 3. The summed E-state index contributed by atoms with van der Waals surface area (Å²) in [5.74, 6) is -3.15. The highest BCUT2D eigenvalue weighted by molar-refractivity contribution is 6.34. The Morgan fingerprint density at radius 3 is 2.60 bits per heavy atom. The molecule has 0 radical (unpaired) electrons. The van der Waals surface area contributed by atoms with Crippen LogP contribution in [0.15, 0.2) is 43.5 Å². The molecule has 2 bridgehead atoms. The van der Waals surface area contributed by atoms with Crippen LogP contribution in [0, 0.1) is 24.7 Å². The van der Waals surface area contributed by atoms with Gasteiger partial charge in [-0.25, -0.2) is 0 Å². The maximum absolute atomic E-state index is 14.8. The van der Waals surface area contributed by atoms with E-state index >= 15 is 0 Å². The van der Waals surface area contributed by atoms with E-state index in [4.69, 9.17) is 21.1 Å². The number of ether oxygens (including phenoxy) is 2. The van der Waals surface area contributed by atoms with E-state index < -0.39 is 41.1 Å². The van der Waals surface area contributed by atoms with Crippen molar-refractivity contribution >= 4 is 35.1 Å². The molecule has 1 aromatic carbocycles. The van der Waals surface area contributed by atoms with Crippen molar-refractivity contribution in [2.24, 2.45) is 17.8 Å². The van der Waals surface area contributed by atoms with Gasteiger partial charge in [0.05, 0.1) is 34.9 Å². The normalized spacial score (nSPS) is 30.1. The molecular formula is C31H41ClN2O6. The number of para-hydroxylation sites is 1. The Labute approximate surface area is 241 Å². The monoisotopic (exact) mass is 572 g/mol. The molecule has 1 aromatic rings. The Hall–Kier alpha value is -2.68. The summed E-state index contributed by atoms with van der Waals surface area (Å²) < 4.78 is 12.3. The van der Waals surface area contributed by atoms with E-state index in [0.717, 1.165) is 5.56 Å². The summed E-state index contributed by atoms with van der Waals surface area (Å²) in [7, 11) is 0. The second-order valence-corrected chi connectivity index (χ2v) is 11.7. The smallest absolute Gasteiger partial charge is 0.313 e. The lowest BCUT2D eigenvalue weighted by Crippen LogP contribution is -2.60. The molecule has 1 N–H and O–H groups in total. The number of likely N-dealkylation sites (tertiary alicyclic amines) is 1. The lowest BCUT2D eigenvalue weighted by Gasteiger charge is -2.41. The average molecular weight is 573 g/mol. The third-order valence-electron chi connectivity index (χ3n) is 9.33. The number of esters is 1. The first-order valence-electron chi connectivity index (χ1n) is 14.2. The number of benzene rings is 1. The fraction of sp³-hybridized carbons (Fsp3) is 0.581. The van der Waals surface area contributed by atoms with Gasteiger partial charge < -0.3 is 24.4 Å². The first-order chi connectivity index (χ1) is 19.1. The van der Waals surface area contributed by atoms with Gasteiger partial charge in [-0.2, -0.15) is 0 Å². The van der Waals surface area contributed by atoms with Gasteiger partial charge in [0.15, 0.2) is 0 Å². The fourth-order valence-electron chi connectivity index (χ4n) is 7.23. The summed E-state index contributed by atoms with van der Waals surface area (Å²) in [6, 6.07) is 3.69. The van der Waals surface area contributed by atoms with Crippen LogP contribution in [0.3, 0.4) is 0 Å². The van der Waals surface area contributed by atoms with Crippen LogP contribution >= 0.6 is 11.6 Å². The Morgan fingerprint density at radius 1 is 1.30 bits per heavy atom. The topological polar surface area (TPSA) is 96.4 Å². The minimum absolute atomic E-state index is 0.0140. The van der Waals surface area contributed by atoms with Crippen LogP contribution in [0.2, 0.25) is 5.02 Å². The number of hydrogen-bond donors (Lipinski definition) is 1. The molecule has 3 aliphatic heterocycles. The van der Waals surface area contributed by atoms with Crippen molar-refractivity contribution in [1.82, 2.24) is 4.90 Å². The van der Waals surface area contributed by atoms with E-state index in [1.165, 1.54) is 11.0 Å². The zero-order valence-electron chi connectivity index (χ0n) is 23.9. The Morgan fingerprint density at radius 2 is 2.02 bits per heavy atom. The van der Waals surface area contributed by atoms with Gasteiger partial charge in [-0.3, -0.25) is 14.4 Å². The summed E-state index contributed by atoms with van der Waals surface area (Å²) >= 11 is 6.64. The molecule has 9 heteroatoms. The number of fused-ring (bicyclic) bond motifs is 1. The molecule has 218 valence electrons. The van der Waals surface area contributed by atoms with Crippen LogP contribution in [0.5, 0.6) is 0 Å². The average Bonchev–Trinajstić information content (AvgIpc) is 3.55. The van der Waals surface area contributed by atoms with E-state index in [0.29, 0.717) is 36.4 Å². The van der Waals surface area contributed by atoms with Crippen LogP contribution in [-0.2, 0) is 23.9 Å². The second-order valence-electron chi connectivity index (χ2n) is 11.3. The maximum Gasteiger partial charge on any atom is 0.313 e. The molecule has 4 rings (SSSR count). The predicted molar refractivity (Wildman–Crippen MR) is 154 cm³/mol. The third-order valence-corrected chi connectivity index (χ3v) is 9.64. The van der Waals surface area contributed by atoms with Gasteiger partial charge in [0, 0.05) is 6.54 Å². The molecule has 3 heterocycles. The molecule has 0 aliphatic carbocycles. The van der Waals surface area contributed by atoms with Gasteiger partial charge in [0.1, 0.15) is 24.2 Å². The van der Waals surface area contributed by atoms with Crippen LogP contribution in [0.4, 0.5) is 5.69 Å². The molecule has 2 unspecified atom stereocenters. The molecular weight excluding hydrogens is 532 g/mol. The van der Waals surface area contributed by atoms with Gasteiger partial charge in [-0.05, 0) is 43.7 Å². The Kier molecular flexibility index (Phi) is 8.83. The van der Waals surface area contributed by atoms with Crippen molar-refractivity contribution in [3.63, 3.8) is 0 Å². The lowest BCUT2D eigenvalue weighted by atomic mass is 9.65. The fourth-order valence-corrected chi connectivity index (χ4v) is 7.55. The molecule has 2 amide bonds. The minimum atomic E-state index is -1.25. The summed E-state index contributed by atoms with van der Waals surface area (Å²) in [5, 5.41) is 11.0. The van der Waals surface area contributed by atoms with E-state index in [1.807, 2.05) is 39.8 Å². The number of rotatable bonds is 12. The summed E-state index contributed by atoms with van der Waals surface area (Å²) in [6.45, 7) is 15.1. The summed E-state index contributed by atoms with van der Waals surface area (Å²) in [5.41, 5.74) is -0.846. The molecule has 0 aromatic heterocycles. The Balaban J connectivity index is 1.91. The van der Waals surface area contributed by atoms with Crippen LogP contribution in [-0.4, -0.2) is 70.8 Å². The van der Waals surface area contributed by atoms with Crippen molar-refractivity contribution in [1.29, 1.82) is 0 Å². The molecule has 40 heavy (non-hydrogen) atoms. The molecule has 3 fully saturated rings. The number of aliphatic hydroxyl groups is 1. The third kappa shape index (κ3) is 4.48. The summed E-state index contributed by atoms with van der Waals surface area (Å²) in [4.78, 5) is 45.9. The number of amides is 2. The van der Waals surface area contributed by atoms with E-state index in [1.54, 1.807) is 17.0 Å². The molecule has 3 aliphatic rings. The zero-order chi connectivity index (χ0) is 29.4. The number of nitrogens with zero attached hydrogens (tertiary/aromatic N) is 2. The quantitative estimate of drug-likeness (QED) is 0.293. The van der Waals surface area contributed by atoms with E-state index in [-0.39, 0.29) is 37.5 Å². The molecule has 7 atom stereocenters. The van der Waals surface area contributed by atoms with Gasteiger partial charge >= 0.3 is 5.97 Å². The molecule has 8 nitrogen and oxygen atoms in total. The molecule has 3 saturated heterocycles. The SMILES string of the molecule is C=CCOC(=O)[C@@H]1[C@H]2C(=O)N([C@@H](CO)[C@@H](C)CC)C(C(=O)N(CC=C)c3c(C)cccc3Cl)C23CC[C@@]1(CC)O3. The van der Waals surface area contributed by atoms with Crippen molar-refractivity contribution in [3.8, 4) is 0 Å². The largest absolute Gasteiger partial charge is 0.461 e. The highest BCUT2D eigenvalue weighted by atomic mass is 35.5. The Bertz CT molecular complexity index is 1170. The standard InChI is InChI=1S/C31H41ClN2O6/c1-7-16-33(25-20(6)12-11-13-21(25)32)28(37)26-31-15-14-30(10-4,40-31)24(29(38)39-17-8-2)23(31)27(36)34(26)22(18-35)19(5)9-3/h7-8,11-13,19,22-24,26,35H,1-2,9-10,14-18H2,3-6H3/t19-,22-,23-,24-,26?,30+,31?/m0/s1. The summed E-state index contributed by atoms with van der Waals surface area (Å²) in [6.07, 6.45) is 5.21. The second kappa shape index (κ2) is 11.7. The van der Waals surface area contributed by atoms with Crippen molar-refractivity contribution in [3.05, 3.63) is 54.1 Å². The molecule has 0 saturated carbocycles. The van der Waals surface area contributed by atoms with Gasteiger partial charge in [-0.1, -0.05) is 69.7 Å². The van der Waals surface area contributed by atoms with Gasteiger partial charge in [-0.15, -0.1) is 6.58 Å². The van der Waals surface area contributed by atoms with Gasteiger partial charge in [0.2, 0.25) is 5.91 Å². The predicted octanol–water partition coefficient (Wildman–Crippen LogP) is 4.46. The highest BCUT2D eigenvalue weighted by Gasteiger charge is 2.79. The van der Waals surface area contributed by atoms with Crippen molar-refractivity contribution in [2.75, 3.05) is 24.7 Å². The highest BCUT2D eigenvalue weighted by Crippen LogP contribution is 2.65. The van der Waals surface area contributed by atoms with Crippen LogP contribution in [0.1, 0.15) is 52.0 Å². The van der Waals surface area contributed by atoms with Crippen LogP contribution in [0.25, 0.3) is 0 Å². The number of hydrogen-bond acceptors (Lipinski definition) is 6. The van der Waals surface area contributed by atoms with Crippen LogP contribution < -0.4 is 4.90 Å². The molecule has 1 spiro atoms. The van der Waals surface area contributed by atoms with Crippen molar-refractivity contribution < 1.29 is 29.0 Å². The van der Waals surface area contributed by atoms with Gasteiger partial charge in [0.25, 0.3) is 5.91 Å². The van der Waals surface area contributed by atoms with E-state index in [2.05, 4.69) is 13.2 Å². The zero-order valence-corrected chi connectivity index (χ0v) is 24.7. The number of carbonyl (C=O) groups excluding carboxylic acids is 3. The first-order valence-corrected chi connectivity index (χ1v) is 14.5. The number of halogens is 1. The maximum atomic E-state index is 14.8. The van der Waals surface area contributed by atoms with E-state index in [9.17, 15) is 19.5 Å². The minimum Gasteiger partial charge on any atom is -0.461 e. The first kappa shape index (κ1) is 30.3. The lowest BCUT2D eigenvalue weighted by molar-refractivity contribution is -0.161. The van der Waals surface area contributed by atoms with Crippen molar-refractivity contribution in [2.45, 2.75) is 76.7 Å².